The van der Waals surface area contributed by atoms with Crippen LogP contribution in [-0.4, -0.2) is 26.9 Å². The molecule has 1 aromatic carbocycles. The molecule has 0 spiro atoms. The minimum absolute atomic E-state index is 0.400. The molecular formula is C14H14N4O3. The zero-order valence-corrected chi connectivity index (χ0v) is 11.3. The van der Waals surface area contributed by atoms with Crippen LogP contribution in [0.1, 0.15) is 5.56 Å². The number of anilines is 2. The Morgan fingerprint density at radius 1 is 1.19 bits per heavy atom. The summed E-state index contributed by atoms with van der Waals surface area (Å²) in [6.07, 6.45) is 4.25. The summed E-state index contributed by atoms with van der Waals surface area (Å²) in [4.78, 5) is 22.1. The number of urea groups is 1. The SMILES string of the molecule is Cn1ccc(NC(=O)Nc2ccc(/C=C/C(=O)O)cc2)n1. The van der Waals surface area contributed by atoms with Gasteiger partial charge in [0.05, 0.1) is 0 Å². The molecule has 7 nitrogen and oxygen atoms in total. The number of rotatable bonds is 4. The van der Waals surface area contributed by atoms with Gasteiger partial charge in [-0.3, -0.25) is 10.00 Å². The van der Waals surface area contributed by atoms with Crippen molar-refractivity contribution in [1.29, 1.82) is 0 Å². The van der Waals surface area contributed by atoms with Crippen molar-refractivity contribution in [2.45, 2.75) is 0 Å². The van der Waals surface area contributed by atoms with Crippen molar-refractivity contribution in [3.8, 4) is 0 Å². The number of nitrogens with zero attached hydrogens (tertiary/aromatic N) is 2. The second kappa shape index (κ2) is 6.38. The van der Waals surface area contributed by atoms with Crippen molar-refractivity contribution in [3.63, 3.8) is 0 Å². The molecule has 0 aliphatic carbocycles. The number of aliphatic carboxylic acids is 1. The van der Waals surface area contributed by atoms with E-state index in [1.165, 1.54) is 6.08 Å². The van der Waals surface area contributed by atoms with Crippen molar-refractivity contribution >= 4 is 29.6 Å². The lowest BCUT2D eigenvalue weighted by Crippen LogP contribution is -2.19. The first-order chi connectivity index (χ1) is 10.0. The Balaban J connectivity index is 1.93. The van der Waals surface area contributed by atoms with E-state index in [0.717, 1.165) is 11.6 Å². The van der Waals surface area contributed by atoms with E-state index in [-0.39, 0.29) is 0 Å². The van der Waals surface area contributed by atoms with Gasteiger partial charge in [0, 0.05) is 31.1 Å². The van der Waals surface area contributed by atoms with Gasteiger partial charge in [0.25, 0.3) is 0 Å². The lowest BCUT2D eigenvalue weighted by atomic mass is 10.2. The fourth-order valence-corrected chi connectivity index (χ4v) is 1.61. The molecule has 108 valence electrons. The van der Waals surface area contributed by atoms with Gasteiger partial charge in [-0.15, -0.1) is 0 Å². The van der Waals surface area contributed by atoms with Gasteiger partial charge in [-0.05, 0) is 23.8 Å². The van der Waals surface area contributed by atoms with E-state index in [1.807, 2.05) is 0 Å². The smallest absolute Gasteiger partial charge is 0.328 e. The third kappa shape index (κ3) is 4.50. The second-order valence-corrected chi connectivity index (χ2v) is 4.25. The molecule has 0 aliphatic heterocycles. The summed E-state index contributed by atoms with van der Waals surface area (Å²) in [7, 11) is 1.76. The van der Waals surface area contributed by atoms with Crippen molar-refractivity contribution in [1.82, 2.24) is 9.78 Å². The normalized spacial score (nSPS) is 10.5. The van der Waals surface area contributed by atoms with E-state index in [4.69, 9.17) is 5.11 Å². The van der Waals surface area contributed by atoms with E-state index < -0.39 is 12.0 Å². The number of carboxylic acid groups (broad SMARTS) is 1. The van der Waals surface area contributed by atoms with Gasteiger partial charge < -0.3 is 10.4 Å². The summed E-state index contributed by atoms with van der Waals surface area (Å²) in [5.74, 6) is -0.553. The maximum Gasteiger partial charge on any atom is 0.328 e. The third-order valence-electron chi connectivity index (χ3n) is 2.54. The monoisotopic (exact) mass is 286 g/mol. The Bertz CT molecular complexity index is 674. The molecule has 1 heterocycles. The Labute approximate surface area is 120 Å². The number of carboxylic acids is 1. The molecule has 0 unspecified atom stereocenters. The van der Waals surface area contributed by atoms with Gasteiger partial charge in [0.15, 0.2) is 5.82 Å². The highest BCUT2D eigenvalue weighted by molar-refractivity contribution is 5.99. The van der Waals surface area contributed by atoms with Crippen LogP contribution in [0, 0.1) is 0 Å². The number of benzene rings is 1. The Morgan fingerprint density at radius 2 is 1.90 bits per heavy atom. The van der Waals surface area contributed by atoms with Crippen molar-refractivity contribution in [3.05, 3.63) is 48.2 Å². The lowest BCUT2D eigenvalue weighted by Gasteiger charge is -2.05. The number of hydrogen-bond donors (Lipinski definition) is 3. The zero-order chi connectivity index (χ0) is 15.2. The number of carbonyl (C=O) groups excluding carboxylic acids is 1. The number of carbonyl (C=O) groups is 2. The highest BCUT2D eigenvalue weighted by Gasteiger charge is 2.04. The van der Waals surface area contributed by atoms with Crippen LogP contribution >= 0.6 is 0 Å². The fraction of sp³-hybridized carbons (Fsp3) is 0.0714. The van der Waals surface area contributed by atoms with E-state index in [2.05, 4.69) is 15.7 Å². The van der Waals surface area contributed by atoms with Crippen LogP contribution < -0.4 is 10.6 Å². The van der Waals surface area contributed by atoms with Gasteiger partial charge in [-0.2, -0.15) is 5.10 Å². The molecular weight excluding hydrogens is 272 g/mol. The summed E-state index contributed by atoms with van der Waals surface area (Å²) in [6, 6.07) is 8.05. The topological polar surface area (TPSA) is 96.2 Å². The molecule has 0 bridgehead atoms. The van der Waals surface area contributed by atoms with Gasteiger partial charge in [-0.25, -0.2) is 9.59 Å². The largest absolute Gasteiger partial charge is 0.478 e. The summed E-state index contributed by atoms with van der Waals surface area (Å²) >= 11 is 0. The average Bonchev–Trinajstić information content (AvgIpc) is 2.83. The molecule has 0 radical (unpaired) electrons. The van der Waals surface area contributed by atoms with Gasteiger partial charge in [0.2, 0.25) is 0 Å². The third-order valence-corrected chi connectivity index (χ3v) is 2.54. The molecule has 0 fully saturated rings. The molecule has 7 heteroatoms. The highest BCUT2D eigenvalue weighted by atomic mass is 16.4. The van der Waals surface area contributed by atoms with Crippen LogP contribution in [-0.2, 0) is 11.8 Å². The zero-order valence-electron chi connectivity index (χ0n) is 11.3. The predicted octanol–water partition coefficient (Wildman–Crippen LogP) is 2.16. The molecule has 21 heavy (non-hydrogen) atoms. The summed E-state index contributed by atoms with van der Waals surface area (Å²) in [5.41, 5.74) is 1.32. The molecule has 3 N–H and O–H groups in total. The van der Waals surface area contributed by atoms with Gasteiger partial charge >= 0.3 is 12.0 Å². The maximum absolute atomic E-state index is 11.7. The molecule has 2 amide bonds. The van der Waals surface area contributed by atoms with Crippen molar-refractivity contribution in [2.75, 3.05) is 10.6 Å². The lowest BCUT2D eigenvalue weighted by molar-refractivity contribution is -0.131. The standard InChI is InChI=1S/C14H14N4O3/c1-18-9-8-12(17-18)16-14(21)15-11-5-2-10(3-6-11)4-7-13(19)20/h2-9H,1H3,(H,19,20)(H2,15,16,17,21)/b7-4+. The van der Waals surface area contributed by atoms with E-state index >= 15 is 0 Å². The van der Waals surface area contributed by atoms with Crippen molar-refractivity contribution in [2.24, 2.45) is 7.05 Å². The van der Waals surface area contributed by atoms with Gasteiger partial charge in [-0.1, -0.05) is 12.1 Å². The molecule has 0 saturated carbocycles. The Kier molecular flexibility index (Phi) is 4.35. The molecule has 0 aliphatic rings. The van der Waals surface area contributed by atoms with Crippen LogP contribution in [0.25, 0.3) is 6.08 Å². The fourth-order valence-electron chi connectivity index (χ4n) is 1.61. The van der Waals surface area contributed by atoms with Crippen LogP contribution in [0.3, 0.4) is 0 Å². The van der Waals surface area contributed by atoms with Crippen LogP contribution in [0.4, 0.5) is 16.3 Å². The summed E-state index contributed by atoms with van der Waals surface area (Å²) in [5, 5.41) is 17.8. The molecule has 2 rings (SSSR count). The molecule has 0 saturated heterocycles. The first kappa shape index (κ1) is 14.3. The van der Waals surface area contributed by atoms with Crippen molar-refractivity contribution < 1.29 is 14.7 Å². The first-order valence-electron chi connectivity index (χ1n) is 6.11. The molecule has 1 aromatic heterocycles. The van der Waals surface area contributed by atoms with E-state index in [0.29, 0.717) is 11.5 Å². The van der Waals surface area contributed by atoms with Crippen LogP contribution in [0.2, 0.25) is 0 Å². The number of amides is 2. The highest BCUT2D eigenvalue weighted by Crippen LogP contribution is 2.11. The molecule has 0 atom stereocenters. The minimum Gasteiger partial charge on any atom is -0.478 e. The molecule has 2 aromatic rings. The first-order valence-corrected chi connectivity index (χ1v) is 6.11. The maximum atomic E-state index is 11.7. The average molecular weight is 286 g/mol. The van der Waals surface area contributed by atoms with E-state index in [9.17, 15) is 9.59 Å². The number of aryl methyl sites for hydroxylation is 1. The van der Waals surface area contributed by atoms with Crippen LogP contribution in [0.5, 0.6) is 0 Å². The number of hydrogen-bond acceptors (Lipinski definition) is 3. The number of aromatic nitrogens is 2. The Hall–Kier alpha value is -3.09. The summed E-state index contributed by atoms with van der Waals surface area (Å²) in [6.45, 7) is 0. The predicted molar refractivity (Wildman–Crippen MR) is 79.0 cm³/mol. The van der Waals surface area contributed by atoms with Gasteiger partial charge in [0.1, 0.15) is 0 Å². The van der Waals surface area contributed by atoms with Crippen LogP contribution in [0.15, 0.2) is 42.6 Å². The summed E-state index contributed by atoms with van der Waals surface area (Å²) < 4.78 is 1.58. The van der Waals surface area contributed by atoms with E-state index in [1.54, 1.807) is 48.3 Å². The Morgan fingerprint density at radius 3 is 2.48 bits per heavy atom. The number of nitrogens with one attached hydrogen (secondary N) is 2. The quantitative estimate of drug-likeness (QED) is 0.750. The second-order valence-electron chi connectivity index (χ2n) is 4.25. The minimum atomic E-state index is -1.01.